The Balaban J connectivity index is 1.84. The molecule has 0 radical (unpaired) electrons. The van der Waals surface area contributed by atoms with E-state index in [4.69, 9.17) is 0 Å². The molecule has 1 aliphatic carbocycles. The zero-order valence-corrected chi connectivity index (χ0v) is 16.9. The lowest BCUT2D eigenvalue weighted by Crippen LogP contribution is -2.18. The molecule has 0 aliphatic heterocycles. The highest BCUT2D eigenvalue weighted by Gasteiger charge is 2.24. The van der Waals surface area contributed by atoms with Crippen LogP contribution in [-0.2, 0) is 6.54 Å². The molecule has 0 aromatic carbocycles. The molecule has 0 amide bonds. The average molecular weight is 484 g/mol. The Bertz CT molecular complexity index is 656. The molecule has 0 saturated heterocycles. The van der Waals surface area contributed by atoms with Crippen LogP contribution in [0.1, 0.15) is 30.9 Å². The minimum atomic E-state index is -0.853. The van der Waals surface area contributed by atoms with Gasteiger partial charge in [-0.3, -0.25) is 4.68 Å². The summed E-state index contributed by atoms with van der Waals surface area (Å²) in [5, 5.41) is 14.4. The van der Waals surface area contributed by atoms with Crippen LogP contribution >= 0.6 is 48.5 Å². The van der Waals surface area contributed by atoms with Crippen LogP contribution in [0.2, 0.25) is 0 Å². The van der Waals surface area contributed by atoms with Crippen LogP contribution < -0.4 is 0 Å². The highest BCUT2D eigenvalue weighted by Crippen LogP contribution is 2.45. The third kappa shape index (κ3) is 3.03. The molecule has 1 saturated carbocycles. The summed E-state index contributed by atoms with van der Waals surface area (Å²) in [6, 6.07) is 0.567. The molecule has 2 aromatic heterocycles. The van der Waals surface area contributed by atoms with Crippen molar-refractivity contribution in [3.05, 3.63) is 20.1 Å². The summed E-state index contributed by atoms with van der Waals surface area (Å²) in [5.74, 6) is 0. The molecular weight excluding hydrogens is 465 g/mol. The lowest BCUT2D eigenvalue weighted by Gasteiger charge is -2.26. The van der Waals surface area contributed by atoms with E-state index in [0.29, 0.717) is 12.6 Å². The highest BCUT2D eigenvalue weighted by atomic mass is 127. The topological polar surface area (TPSA) is 48.5 Å². The Morgan fingerprint density at radius 2 is 2.10 bits per heavy atom. The van der Waals surface area contributed by atoms with Crippen molar-refractivity contribution >= 4 is 48.5 Å². The zero-order chi connectivity index (χ0) is 15.2. The van der Waals surface area contributed by atoms with Gasteiger partial charge in [0.25, 0.3) is 0 Å². The molecule has 5 nitrogen and oxygen atoms in total. The van der Waals surface area contributed by atoms with Gasteiger partial charge in [0.1, 0.15) is 13.3 Å². The summed E-state index contributed by atoms with van der Waals surface area (Å²) in [6.45, 7) is 0.716. The van der Waals surface area contributed by atoms with Gasteiger partial charge in [-0.15, -0.1) is 5.10 Å². The van der Waals surface area contributed by atoms with Crippen molar-refractivity contribution in [3.8, 4) is 0 Å². The van der Waals surface area contributed by atoms with Gasteiger partial charge in [-0.25, -0.2) is 14.7 Å². The van der Waals surface area contributed by atoms with Gasteiger partial charge in [-0.1, -0.05) is 5.21 Å². The molecule has 3 rings (SSSR count). The summed E-state index contributed by atoms with van der Waals surface area (Å²) >= 11 is 6.05. The quantitative estimate of drug-likeness (QED) is 0.623. The molecule has 0 unspecified atom stereocenters. The van der Waals surface area contributed by atoms with E-state index in [2.05, 4.69) is 77.4 Å². The average Bonchev–Trinajstić information content (AvgIpc) is 2.85. The fourth-order valence-electron chi connectivity index (χ4n) is 2.30. The van der Waals surface area contributed by atoms with E-state index in [1.807, 2.05) is 10.9 Å². The Hall–Kier alpha value is -0.0900. The highest BCUT2D eigenvalue weighted by molar-refractivity contribution is 14.1. The van der Waals surface area contributed by atoms with Crippen LogP contribution in [0.3, 0.4) is 0 Å². The molecule has 21 heavy (non-hydrogen) atoms. The van der Waals surface area contributed by atoms with Gasteiger partial charge in [-0.05, 0) is 76.6 Å². The molecule has 0 atom stereocenters. The SMILES string of the molecule is CS(C)(C)c1nnn(Cc2cnn(C3CCC3)c2Br)c1I. The van der Waals surface area contributed by atoms with Gasteiger partial charge in [0, 0.05) is 5.56 Å². The minimum absolute atomic E-state index is 0.567. The fraction of sp³-hybridized carbons (Fsp3) is 0.615. The first-order valence-electron chi connectivity index (χ1n) is 6.87. The summed E-state index contributed by atoms with van der Waals surface area (Å²) in [5.41, 5.74) is 1.17. The number of hydrogen-bond acceptors (Lipinski definition) is 3. The predicted molar refractivity (Wildman–Crippen MR) is 98.3 cm³/mol. The van der Waals surface area contributed by atoms with Crippen LogP contribution in [0.15, 0.2) is 15.8 Å². The third-order valence-electron chi connectivity index (χ3n) is 3.77. The standard InChI is InChI=1S/C13H19BrIN5S/c1-21(2,3)13-12(15)19(18-17-13)8-9-7-16-20(11(9)14)10-5-4-6-10/h7,10H,4-6,8H2,1-3H3. The monoisotopic (exact) mass is 483 g/mol. The second-order valence-corrected chi connectivity index (χ2v) is 12.0. The first-order valence-corrected chi connectivity index (χ1v) is 11.6. The van der Waals surface area contributed by atoms with Gasteiger partial charge in [0.15, 0.2) is 0 Å². The van der Waals surface area contributed by atoms with Crippen LogP contribution in [0.25, 0.3) is 0 Å². The van der Waals surface area contributed by atoms with Crippen molar-refractivity contribution in [1.82, 2.24) is 24.8 Å². The van der Waals surface area contributed by atoms with E-state index in [1.54, 1.807) is 0 Å². The Labute approximate surface area is 148 Å². The predicted octanol–water partition coefficient (Wildman–Crippen LogP) is 3.67. The first kappa shape index (κ1) is 15.8. The largest absolute Gasteiger partial charge is 0.255 e. The summed E-state index contributed by atoms with van der Waals surface area (Å²) < 4.78 is 6.31. The van der Waals surface area contributed by atoms with E-state index in [-0.39, 0.29) is 0 Å². The fourth-order valence-corrected chi connectivity index (χ4v) is 6.16. The van der Waals surface area contributed by atoms with Crippen LogP contribution in [0.4, 0.5) is 0 Å². The van der Waals surface area contributed by atoms with Crippen LogP contribution in [-0.4, -0.2) is 43.5 Å². The van der Waals surface area contributed by atoms with Gasteiger partial charge < -0.3 is 0 Å². The molecule has 0 N–H and O–H groups in total. The number of rotatable bonds is 4. The molecule has 2 aromatic rings. The van der Waals surface area contributed by atoms with Gasteiger partial charge >= 0.3 is 0 Å². The van der Waals surface area contributed by atoms with Gasteiger partial charge in [0.2, 0.25) is 0 Å². The van der Waals surface area contributed by atoms with Crippen LogP contribution in [0, 0.1) is 3.70 Å². The number of halogens is 2. The van der Waals surface area contributed by atoms with Crippen molar-refractivity contribution in [2.45, 2.75) is 36.9 Å². The minimum Gasteiger partial charge on any atom is -0.255 e. The Morgan fingerprint density at radius 3 is 2.62 bits per heavy atom. The van der Waals surface area contributed by atoms with Crippen molar-refractivity contribution in [2.24, 2.45) is 0 Å². The molecule has 8 heteroatoms. The lowest BCUT2D eigenvalue weighted by atomic mass is 9.93. The van der Waals surface area contributed by atoms with Crippen LogP contribution in [0.5, 0.6) is 0 Å². The third-order valence-corrected chi connectivity index (χ3v) is 7.51. The van der Waals surface area contributed by atoms with E-state index in [0.717, 1.165) is 13.3 Å². The smallest absolute Gasteiger partial charge is 0.134 e. The van der Waals surface area contributed by atoms with Crippen molar-refractivity contribution in [2.75, 3.05) is 18.8 Å². The van der Waals surface area contributed by atoms with E-state index < -0.39 is 10.0 Å². The number of aromatic nitrogens is 5. The van der Waals surface area contributed by atoms with Crippen molar-refractivity contribution < 1.29 is 0 Å². The normalized spacial score (nSPS) is 17.0. The first-order chi connectivity index (χ1) is 9.88. The summed E-state index contributed by atoms with van der Waals surface area (Å²) in [6.07, 6.45) is 12.5. The molecule has 2 heterocycles. The lowest BCUT2D eigenvalue weighted by molar-refractivity contribution is 0.284. The van der Waals surface area contributed by atoms with E-state index in [9.17, 15) is 0 Å². The van der Waals surface area contributed by atoms with Gasteiger partial charge in [0.05, 0.1) is 18.8 Å². The van der Waals surface area contributed by atoms with Crippen molar-refractivity contribution in [3.63, 3.8) is 0 Å². The molecule has 1 fully saturated rings. The maximum absolute atomic E-state index is 4.53. The second kappa shape index (κ2) is 5.84. The van der Waals surface area contributed by atoms with E-state index >= 15 is 0 Å². The summed E-state index contributed by atoms with van der Waals surface area (Å²) in [4.78, 5) is 0. The number of hydrogen-bond donors (Lipinski definition) is 0. The maximum atomic E-state index is 4.53. The molecular formula is C13H19BrIN5S. The number of nitrogens with zero attached hydrogens (tertiary/aromatic N) is 5. The molecule has 0 spiro atoms. The zero-order valence-electron chi connectivity index (χ0n) is 12.4. The van der Waals surface area contributed by atoms with Gasteiger partial charge in [-0.2, -0.15) is 5.10 Å². The van der Waals surface area contributed by atoms with Crippen molar-refractivity contribution in [1.29, 1.82) is 0 Å². The molecule has 1 aliphatic rings. The Morgan fingerprint density at radius 1 is 1.38 bits per heavy atom. The molecule has 0 bridgehead atoms. The summed E-state index contributed by atoms with van der Waals surface area (Å²) in [7, 11) is -0.853. The second-order valence-electron chi connectivity index (χ2n) is 6.17. The van der Waals surface area contributed by atoms with E-state index in [1.165, 1.54) is 24.8 Å². The maximum Gasteiger partial charge on any atom is 0.134 e. The molecule has 116 valence electrons. The Kier molecular flexibility index (Phi) is 4.39.